The summed E-state index contributed by atoms with van der Waals surface area (Å²) in [4.78, 5) is 46.0. The standard InChI is InChI=1S/C19H20N4O5/c1-12-7-8-14(11-13(12)2)20-17(24)9-10-18(25)21-22-19(26)15-5-3-4-6-16(15)23(27)28/h3-8,11H,9-10H2,1-2H3,(H,20,24)(H,21,25)(H,22,26). The fourth-order valence-corrected chi connectivity index (χ4v) is 2.35. The Bertz CT molecular complexity index is 926. The molecule has 0 radical (unpaired) electrons. The van der Waals surface area contributed by atoms with E-state index in [4.69, 9.17) is 0 Å². The first-order chi connectivity index (χ1) is 13.3. The fourth-order valence-electron chi connectivity index (χ4n) is 2.35. The molecule has 9 nitrogen and oxygen atoms in total. The van der Waals surface area contributed by atoms with Crippen molar-refractivity contribution in [3.63, 3.8) is 0 Å². The van der Waals surface area contributed by atoms with E-state index in [9.17, 15) is 24.5 Å². The Morgan fingerprint density at radius 3 is 2.29 bits per heavy atom. The number of nitrogens with zero attached hydrogens (tertiary/aromatic N) is 1. The predicted molar refractivity (Wildman–Crippen MR) is 102 cm³/mol. The molecule has 0 aliphatic rings. The SMILES string of the molecule is Cc1ccc(NC(=O)CCC(=O)NNC(=O)c2ccccc2[N+](=O)[O-])cc1C. The monoisotopic (exact) mass is 384 g/mol. The Morgan fingerprint density at radius 1 is 0.929 bits per heavy atom. The molecule has 0 heterocycles. The highest BCUT2D eigenvalue weighted by molar-refractivity contribution is 5.99. The number of para-hydroxylation sites is 1. The molecule has 2 aromatic carbocycles. The van der Waals surface area contributed by atoms with Crippen molar-refractivity contribution in [3.05, 3.63) is 69.3 Å². The van der Waals surface area contributed by atoms with Crippen LogP contribution in [0.25, 0.3) is 0 Å². The first-order valence-electron chi connectivity index (χ1n) is 8.47. The van der Waals surface area contributed by atoms with Gasteiger partial charge in [0.05, 0.1) is 4.92 Å². The maximum absolute atomic E-state index is 12.0. The van der Waals surface area contributed by atoms with Gasteiger partial charge in [0.2, 0.25) is 11.8 Å². The van der Waals surface area contributed by atoms with Gasteiger partial charge < -0.3 is 5.32 Å². The predicted octanol–water partition coefficient (Wildman–Crippen LogP) is 2.39. The first-order valence-corrected chi connectivity index (χ1v) is 8.47. The lowest BCUT2D eigenvalue weighted by Gasteiger charge is -2.09. The van der Waals surface area contributed by atoms with Gasteiger partial charge in [-0.1, -0.05) is 18.2 Å². The second-order valence-corrected chi connectivity index (χ2v) is 6.12. The zero-order valence-electron chi connectivity index (χ0n) is 15.4. The fraction of sp³-hybridized carbons (Fsp3) is 0.211. The minimum absolute atomic E-state index is 0.0832. The number of hydrazine groups is 1. The van der Waals surface area contributed by atoms with Crippen molar-refractivity contribution in [2.45, 2.75) is 26.7 Å². The van der Waals surface area contributed by atoms with Gasteiger partial charge >= 0.3 is 0 Å². The molecule has 0 saturated carbocycles. The molecule has 2 rings (SSSR count). The smallest absolute Gasteiger partial charge is 0.282 e. The van der Waals surface area contributed by atoms with Crippen molar-refractivity contribution >= 4 is 29.1 Å². The summed E-state index contributed by atoms with van der Waals surface area (Å²) < 4.78 is 0. The van der Waals surface area contributed by atoms with E-state index in [1.165, 1.54) is 24.3 Å². The number of amides is 3. The van der Waals surface area contributed by atoms with E-state index >= 15 is 0 Å². The third kappa shape index (κ3) is 5.63. The van der Waals surface area contributed by atoms with Crippen LogP contribution in [0.15, 0.2) is 42.5 Å². The maximum atomic E-state index is 12.0. The van der Waals surface area contributed by atoms with Gasteiger partial charge in [-0.05, 0) is 43.2 Å². The summed E-state index contributed by atoms with van der Waals surface area (Å²) in [5.41, 5.74) is 6.47. The van der Waals surface area contributed by atoms with Crippen LogP contribution in [0.3, 0.4) is 0 Å². The molecular weight excluding hydrogens is 364 g/mol. The molecule has 0 aliphatic heterocycles. The van der Waals surface area contributed by atoms with E-state index < -0.39 is 16.7 Å². The van der Waals surface area contributed by atoms with Crippen molar-refractivity contribution in [1.82, 2.24) is 10.9 Å². The molecule has 3 N–H and O–H groups in total. The van der Waals surface area contributed by atoms with Gasteiger partial charge in [-0.2, -0.15) is 0 Å². The van der Waals surface area contributed by atoms with Crippen molar-refractivity contribution < 1.29 is 19.3 Å². The number of nitro groups is 1. The second-order valence-electron chi connectivity index (χ2n) is 6.12. The Morgan fingerprint density at radius 2 is 1.61 bits per heavy atom. The number of nitro benzene ring substituents is 1. The number of hydrogen-bond acceptors (Lipinski definition) is 5. The number of benzene rings is 2. The largest absolute Gasteiger partial charge is 0.326 e. The molecule has 0 bridgehead atoms. The highest BCUT2D eigenvalue weighted by Crippen LogP contribution is 2.17. The average molecular weight is 384 g/mol. The van der Waals surface area contributed by atoms with Crippen LogP contribution in [0.5, 0.6) is 0 Å². The lowest BCUT2D eigenvalue weighted by Crippen LogP contribution is -2.42. The van der Waals surface area contributed by atoms with Gasteiger partial charge in [-0.3, -0.25) is 35.3 Å². The number of carbonyl (C=O) groups is 3. The molecule has 28 heavy (non-hydrogen) atoms. The zero-order chi connectivity index (χ0) is 20.7. The molecular formula is C19H20N4O5. The number of rotatable bonds is 6. The van der Waals surface area contributed by atoms with E-state index in [-0.39, 0.29) is 30.0 Å². The van der Waals surface area contributed by atoms with Gasteiger partial charge in [0.15, 0.2) is 0 Å². The van der Waals surface area contributed by atoms with Crippen LogP contribution >= 0.6 is 0 Å². The number of hydrogen-bond donors (Lipinski definition) is 3. The molecule has 9 heteroatoms. The lowest BCUT2D eigenvalue weighted by atomic mass is 10.1. The van der Waals surface area contributed by atoms with Crippen LogP contribution < -0.4 is 16.2 Å². The van der Waals surface area contributed by atoms with Gasteiger partial charge in [0, 0.05) is 24.6 Å². The molecule has 0 aliphatic carbocycles. The van der Waals surface area contributed by atoms with Crippen LogP contribution in [0.1, 0.15) is 34.3 Å². The van der Waals surface area contributed by atoms with Crippen molar-refractivity contribution in [2.75, 3.05) is 5.32 Å². The van der Waals surface area contributed by atoms with Crippen LogP contribution in [0, 0.1) is 24.0 Å². The Balaban J connectivity index is 1.81. The maximum Gasteiger partial charge on any atom is 0.282 e. The summed E-state index contributed by atoms with van der Waals surface area (Å²) in [6.45, 7) is 3.89. The molecule has 0 aromatic heterocycles. The topological polar surface area (TPSA) is 130 Å². The molecule has 0 spiro atoms. The number of aryl methyl sites for hydroxylation is 2. The molecule has 3 amide bonds. The third-order valence-corrected chi connectivity index (χ3v) is 4.03. The van der Waals surface area contributed by atoms with Crippen molar-refractivity contribution in [1.29, 1.82) is 0 Å². The van der Waals surface area contributed by atoms with E-state index in [0.29, 0.717) is 5.69 Å². The Hall–Kier alpha value is -3.75. The summed E-state index contributed by atoms with van der Waals surface area (Å²) >= 11 is 0. The minimum Gasteiger partial charge on any atom is -0.326 e. The molecule has 0 atom stereocenters. The van der Waals surface area contributed by atoms with Crippen LogP contribution in [-0.4, -0.2) is 22.6 Å². The average Bonchev–Trinajstić information content (AvgIpc) is 2.67. The summed E-state index contributed by atoms with van der Waals surface area (Å²) in [6, 6.07) is 10.9. The molecule has 0 fully saturated rings. The molecule has 146 valence electrons. The number of nitrogens with one attached hydrogen (secondary N) is 3. The Kier molecular flexibility index (Phi) is 6.80. The van der Waals surface area contributed by atoms with Crippen molar-refractivity contribution in [2.24, 2.45) is 0 Å². The van der Waals surface area contributed by atoms with E-state index in [1.807, 2.05) is 26.0 Å². The van der Waals surface area contributed by atoms with E-state index in [2.05, 4.69) is 16.2 Å². The van der Waals surface area contributed by atoms with Gasteiger partial charge in [0.1, 0.15) is 5.56 Å². The number of carbonyl (C=O) groups excluding carboxylic acids is 3. The molecule has 0 saturated heterocycles. The summed E-state index contributed by atoms with van der Waals surface area (Å²) in [5.74, 6) is -1.76. The highest BCUT2D eigenvalue weighted by Gasteiger charge is 2.19. The van der Waals surface area contributed by atoms with Crippen LogP contribution in [0.4, 0.5) is 11.4 Å². The lowest BCUT2D eigenvalue weighted by molar-refractivity contribution is -0.385. The number of anilines is 1. The minimum atomic E-state index is -0.819. The first kappa shape index (κ1) is 20.6. The van der Waals surface area contributed by atoms with Crippen molar-refractivity contribution in [3.8, 4) is 0 Å². The summed E-state index contributed by atoms with van der Waals surface area (Å²) in [5, 5.41) is 13.6. The zero-order valence-corrected chi connectivity index (χ0v) is 15.4. The van der Waals surface area contributed by atoms with Gasteiger partial charge in [0.25, 0.3) is 11.6 Å². The summed E-state index contributed by atoms with van der Waals surface area (Å²) in [7, 11) is 0. The highest BCUT2D eigenvalue weighted by atomic mass is 16.6. The van der Waals surface area contributed by atoms with Crippen LogP contribution in [-0.2, 0) is 9.59 Å². The molecule has 2 aromatic rings. The third-order valence-electron chi connectivity index (χ3n) is 4.03. The van der Waals surface area contributed by atoms with Crippen LogP contribution in [0.2, 0.25) is 0 Å². The second kappa shape index (κ2) is 9.26. The van der Waals surface area contributed by atoms with Gasteiger partial charge in [-0.15, -0.1) is 0 Å². The molecule has 0 unspecified atom stereocenters. The Labute approximate surface area is 161 Å². The quantitative estimate of drug-likeness (QED) is 0.520. The normalized spacial score (nSPS) is 10.1. The van der Waals surface area contributed by atoms with E-state index in [0.717, 1.165) is 11.1 Å². The van der Waals surface area contributed by atoms with Gasteiger partial charge in [-0.25, -0.2) is 0 Å². The van der Waals surface area contributed by atoms with E-state index in [1.54, 1.807) is 6.07 Å². The summed E-state index contributed by atoms with van der Waals surface area (Å²) in [6.07, 6.45) is -0.242.